The van der Waals surface area contributed by atoms with E-state index in [1.165, 1.54) is 0 Å². The summed E-state index contributed by atoms with van der Waals surface area (Å²) in [6, 6.07) is 17.2. The van der Waals surface area contributed by atoms with E-state index in [1.54, 1.807) is 20.3 Å². The first-order valence-electron chi connectivity index (χ1n) is 10.3. The molecule has 0 radical (unpaired) electrons. The van der Waals surface area contributed by atoms with Crippen molar-refractivity contribution in [3.8, 4) is 11.5 Å². The number of methoxy groups -OCH3 is 2. The Kier molecular flexibility index (Phi) is 4.04. The maximum Gasteiger partial charge on any atom is 0.342 e. The van der Waals surface area contributed by atoms with Gasteiger partial charge >= 0.3 is 5.63 Å². The van der Waals surface area contributed by atoms with Crippen LogP contribution in [0, 0.1) is 0 Å². The van der Waals surface area contributed by atoms with Crippen LogP contribution in [0.15, 0.2) is 74.0 Å². The molecule has 0 saturated heterocycles. The first-order chi connectivity index (χ1) is 15.7. The van der Waals surface area contributed by atoms with Crippen molar-refractivity contribution in [1.29, 1.82) is 0 Å². The van der Waals surface area contributed by atoms with Crippen LogP contribution in [0.3, 0.4) is 0 Å². The van der Waals surface area contributed by atoms with E-state index in [0.29, 0.717) is 29.2 Å². The monoisotopic (exact) mass is 425 g/mol. The van der Waals surface area contributed by atoms with E-state index in [9.17, 15) is 4.79 Å². The highest BCUT2D eigenvalue weighted by atomic mass is 16.5. The Morgan fingerprint density at radius 1 is 1.00 bits per heavy atom. The molecule has 3 aromatic carbocycles. The summed E-state index contributed by atoms with van der Waals surface area (Å²) >= 11 is 0. The zero-order valence-corrected chi connectivity index (χ0v) is 17.5. The molecular weight excluding hydrogens is 406 g/mol. The second-order valence-electron chi connectivity index (χ2n) is 7.80. The molecule has 0 amide bonds. The van der Waals surface area contributed by atoms with Crippen LogP contribution in [0.5, 0.6) is 11.5 Å². The lowest BCUT2D eigenvalue weighted by atomic mass is 9.78. The third-order valence-corrected chi connectivity index (χ3v) is 6.13. The Morgan fingerprint density at radius 2 is 1.78 bits per heavy atom. The summed E-state index contributed by atoms with van der Waals surface area (Å²) < 4.78 is 16.8. The van der Waals surface area contributed by atoms with Crippen LogP contribution in [0.25, 0.3) is 11.0 Å². The molecule has 4 aromatic rings. The zero-order valence-electron chi connectivity index (χ0n) is 17.5. The molecule has 0 spiro atoms. The topological polar surface area (TPSA) is 85.4 Å². The number of ether oxygens (including phenoxy) is 2. The van der Waals surface area contributed by atoms with Gasteiger partial charge in [0.25, 0.3) is 0 Å². The van der Waals surface area contributed by atoms with Crippen molar-refractivity contribution in [3.63, 3.8) is 0 Å². The van der Waals surface area contributed by atoms with Gasteiger partial charge in [-0.2, -0.15) is 10.2 Å². The summed E-state index contributed by atoms with van der Waals surface area (Å²) in [5.41, 5.74) is 6.04. The van der Waals surface area contributed by atoms with Crippen molar-refractivity contribution in [2.75, 3.05) is 19.5 Å². The highest BCUT2D eigenvalue weighted by Crippen LogP contribution is 2.50. The molecule has 7 nitrogen and oxygen atoms in total. The highest BCUT2D eigenvalue weighted by Gasteiger charge is 2.36. The Labute approximate surface area is 183 Å². The maximum absolute atomic E-state index is 13.4. The van der Waals surface area contributed by atoms with E-state index in [4.69, 9.17) is 13.9 Å². The van der Waals surface area contributed by atoms with Crippen molar-refractivity contribution in [1.82, 2.24) is 0 Å². The Balaban J connectivity index is 1.72. The van der Waals surface area contributed by atoms with Crippen molar-refractivity contribution < 1.29 is 13.9 Å². The minimum Gasteiger partial charge on any atom is -0.497 e. The van der Waals surface area contributed by atoms with E-state index in [1.807, 2.05) is 48.5 Å². The minimum atomic E-state index is -0.399. The molecule has 1 atom stereocenters. The molecule has 0 aliphatic carbocycles. The summed E-state index contributed by atoms with van der Waals surface area (Å²) in [4.78, 5) is 13.4. The number of para-hydroxylation sites is 1. The van der Waals surface area contributed by atoms with Gasteiger partial charge in [0.15, 0.2) is 0 Å². The van der Waals surface area contributed by atoms with Gasteiger partial charge in [-0.15, -0.1) is 0 Å². The van der Waals surface area contributed by atoms with Crippen LogP contribution in [0.4, 0.5) is 17.1 Å². The van der Waals surface area contributed by atoms with Crippen LogP contribution in [-0.2, 0) is 6.54 Å². The van der Waals surface area contributed by atoms with Crippen molar-refractivity contribution in [3.05, 3.63) is 87.3 Å². The maximum atomic E-state index is 13.4. The van der Waals surface area contributed by atoms with Crippen molar-refractivity contribution >= 4 is 28.0 Å². The predicted octanol–water partition coefficient (Wildman–Crippen LogP) is 5.64. The molecule has 0 fully saturated rings. The lowest BCUT2D eigenvalue weighted by Gasteiger charge is -2.31. The first kappa shape index (κ1) is 18.6. The molecule has 3 heterocycles. The molecule has 2 aliphatic rings. The summed E-state index contributed by atoms with van der Waals surface area (Å²) in [6.07, 6.45) is 0. The molecule has 1 aromatic heterocycles. The molecule has 6 rings (SSSR count). The molecule has 32 heavy (non-hydrogen) atoms. The van der Waals surface area contributed by atoms with Crippen molar-refractivity contribution in [2.45, 2.75) is 12.5 Å². The lowest BCUT2D eigenvalue weighted by molar-refractivity contribution is 0.393. The van der Waals surface area contributed by atoms with Crippen molar-refractivity contribution in [2.24, 2.45) is 10.2 Å². The average molecular weight is 425 g/mol. The van der Waals surface area contributed by atoms with Gasteiger partial charge in [0, 0.05) is 28.6 Å². The number of fused-ring (bicyclic) bond motifs is 6. The number of azo groups is 1. The van der Waals surface area contributed by atoms with Gasteiger partial charge in [-0.25, -0.2) is 4.79 Å². The van der Waals surface area contributed by atoms with Gasteiger partial charge in [-0.1, -0.05) is 12.1 Å². The molecular formula is C25H19N3O4. The summed E-state index contributed by atoms with van der Waals surface area (Å²) in [5.74, 6) is 0.894. The number of nitrogens with one attached hydrogen (secondary N) is 1. The van der Waals surface area contributed by atoms with Gasteiger partial charge in [0.2, 0.25) is 0 Å². The second kappa shape index (κ2) is 6.95. The summed E-state index contributed by atoms with van der Waals surface area (Å²) in [5, 5.41) is 12.9. The molecule has 1 N–H and O–H groups in total. The third kappa shape index (κ3) is 2.64. The van der Waals surface area contributed by atoms with Gasteiger partial charge < -0.3 is 19.2 Å². The normalized spacial score (nSPS) is 15.6. The fourth-order valence-corrected chi connectivity index (χ4v) is 4.70. The SMILES string of the molecule is COc1cc(OC)cc(C2c3c(ccc4c3CN=N4)Nc3c2c(=O)oc2ccccc32)c1. The molecule has 2 aliphatic heterocycles. The van der Waals surface area contributed by atoms with Crippen LogP contribution < -0.4 is 20.4 Å². The number of hydrogen-bond donors (Lipinski definition) is 1. The molecule has 7 heteroatoms. The van der Waals surface area contributed by atoms with Crippen LogP contribution in [-0.4, -0.2) is 14.2 Å². The van der Waals surface area contributed by atoms with Gasteiger partial charge in [-0.05, 0) is 47.5 Å². The fraction of sp³-hybridized carbons (Fsp3) is 0.160. The predicted molar refractivity (Wildman–Crippen MR) is 121 cm³/mol. The highest BCUT2D eigenvalue weighted by molar-refractivity contribution is 5.96. The molecule has 0 saturated carbocycles. The second-order valence-corrected chi connectivity index (χ2v) is 7.80. The van der Waals surface area contributed by atoms with E-state index < -0.39 is 5.92 Å². The Bertz CT molecular complexity index is 1470. The van der Waals surface area contributed by atoms with E-state index >= 15 is 0 Å². The third-order valence-electron chi connectivity index (χ3n) is 6.13. The van der Waals surface area contributed by atoms with Crippen LogP contribution >= 0.6 is 0 Å². The standard InChI is InChI=1S/C25H19N3O4/c1-30-14-9-13(10-15(11-14)31-2)21-22-17-12-26-28-18(17)7-8-19(22)27-24-16-5-3-4-6-20(16)32-25(29)23(21)24/h3-11,21,27H,12H2,1-2H3. The number of rotatable bonds is 3. The lowest BCUT2D eigenvalue weighted by Crippen LogP contribution is -2.23. The fourth-order valence-electron chi connectivity index (χ4n) is 4.70. The van der Waals surface area contributed by atoms with E-state index in [0.717, 1.165) is 39.1 Å². The summed E-state index contributed by atoms with van der Waals surface area (Å²) in [7, 11) is 3.22. The molecule has 158 valence electrons. The van der Waals surface area contributed by atoms with Crippen LogP contribution in [0.2, 0.25) is 0 Å². The Morgan fingerprint density at radius 3 is 2.56 bits per heavy atom. The van der Waals surface area contributed by atoms with Gasteiger partial charge in [0.05, 0.1) is 37.7 Å². The largest absolute Gasteiger partial charge is 0.497 e. The molecule has 1 unspecified atom stereocenters. The van der Waals surface area contributed by atoms with Gasteiger partial charge in [0.1, 0.15) is 17.1 Å². The quantitative estimate of drug-likeness (QED) is 0.378. The summed E-state index contributed by atoms with van der Waals surface area (Å²) in [6.45, 7) is 0.464. The average Bonchev–Trinajstić information content (AvgIpc) is 3.31. The van der Waals surface area contributed by atoms with E-state index in [2.05, 4.69) is 15.5 Å². The number of hydrogen-bond acceptors (Lipinski definition) is 7. The van der Waals surface area contributed by atoms with Gasteiger partial charge in [-0.3, -0.25) is 0 Å². The first-order valence-corrected chi connectivity index (χ1v) is 10.3. The number of benzene rings is 3. The molecule has 0 bridgehead atoms. The number of anilines is 2. The Hall–Kier alpha value is -4.13. The minimum absolute atomic E-state index is 0.381. The van der Waals surface area contributed by atoms with E-state index in [-0.39, 0.29) is 5.63 Å². The smallest absolute Gasteiger partial charge is 0.342 e. The number of nitrogens with zero attached hydrogens (tertiary/aromatic N) is 2. The van der Waals surface area contributed by atoms with Crippen LogP contribution in [0.1, 0.15) is 28.2 Å². The zero-order chi connectivity index (χ0) is 21.8.